The minimum Gasteiger partial charge on any atom is -0.396 e. The van der Waals surface area contributed by atoms with E-state index < -0.39 is 0 Å². The second-order valence-electron chi connectivity index (χ2n) is 3.17. The van der Waals surface area contributed by atoms with E-state index in [0.717, 1.165) is 17.9 Å². The van der Waals surface area contributed by atoms with Gasteiger partial charge in [0.25, 0.3) is 0 Å². The average molecular weight is 199 g/mol. The van der Waals surface area contributed by atoms with Gasteiger partial charge in [0.1, 0.15) is 0 Å². The first-order chi connectivity index (χ1) is 6.27. The highest BCUT2D eigenvalue weighted by atomic mass is 35.5. The van der Waals surface area contributed by atoms with Gasteiger partial charge < -0.3 is 5.11 Å². The third-order valence-electron chi connectivity index (χ3n) is 2.29. The molecule has 2 heteroatoms. The molecule has 13 heavy (non-hydrogen) atoms. The van der Waals surface area contributed by atoms with Crippen LogP contribution in [0.3, 0.4) is 0 Å². The Hall–Kier alpha value is -0.530. The quantitative estimate of drug-likeness (QED) is 0.788. The van der Waals surface area contributed by atoms with Crippen molar-refractivity contribution in [3.05, 3.63) is 34.9 Å². The Morgan fingerprint density at radius 3 is 2.77 bits per heavy atom. The standard InChI is InChI=1S/C11H15ClO/c1-2-9(6-7-13)10-4-3-5-11(12)8-10/h3-5,8-9,13H,2,6-7H2,1H3/t9-/m0/s1. The zero-order valence-corrected chi connectivity index (χ0v) is 8.59. The van der Waals surface area contributed by atoms with Gasteiger partial charge in [-0.3, -0.25) is 0 Å². The summed E-state index contributed by atoms with van der Waals surface area (Å²) in [5.74, 6) is 0.434. The number of rotatable bonds is 4. The lowest BCUT2D eigenvalue weighted by Crippen LogP contribution is -1.99. The molecule has 0 fully saturated rings. The van der Waals surface area contributed by atoms with Crippen LogP contribution in [0.2, 0.25) is 5.02 Å². The molecule has 0 aliphatic carbocycles. The van der Waals surface area contributed by atoms with E-state index in [1.54, 1.807) is 0 Å². The minimum absolute atomic E-state index is 0.241. The SMILES string of the molecule is CC[C@@H](CCO)c1cccc(Cl)c1. The summed E-state index contributed by atoms with van der Waals surface area (Å²) in [6.45, 7) is 2.37. The van der Waals surface area contributed by atoms with E-state index in [0.29, 0.717) is 5.92 Å². The second-order valence-corrected chi connectivity index (χ2v) is 3.61. The Kier molecular flexibility index (Phi) is 4.26. The molecule has 1 N–H and O–H groups in total. The fraction of sp³-hybridized carbons (Fsp3) is 0.455. The van der Waals surface area contributed by atoms with Gasteiger partial charge in [-0.05, 0) is 36.5 Å². The van der Waals surface area contributed by atoms with Crippen LogP contribution in [0, 0.1) is 0 Å². The molecule has 0 unspecified atom stereocenters. The van der Waals surface area contributed by atoms with Crippen molar-refractivity contribution in [3.8, 4) is 0 Å². The summed E-state index contributed by atoms with van der Waals surface area (Å²) in [6, 6.07) is 7.87. The fourth-order valence-corrected chi connectivity index (χ4v) is 1.72. The Labute approximate surface area is 84.4 Å². The minimum atomic E-state index is 0.241. The van der Waals surface area contributed by atoms with Crippen molar-refractivity contribution in [2.24, 2.45) is 0 Å². The average Bonchev–Trinajstić information content (AvgIpc) is 2.14. The molecule has 1 aromatic carbocycles. The van der Waals surface area contributed by atoms with Crippen molar-refractivity contribution < 1.29 is 5.11 Å². The summed E-state index contributed by atoms with van der Waals surface area (Å²) in [5, 5.41) is 9.64. The number of aliphatic hydroxyl groups is 1. The molecule has 1 aromatic rings. The summed E-state index contributed by atoms with van der Waals surface area (Å²) < 4.78 is 0. The van der Waals surface area contributed by atoms with Gasteiger partial charge in [0, 0.05) is 11.6 Å². The molecule has 0 saturated carbocycles. The Morgan fingerprint density at radius 1 is 1.46 bits per heavy atom. The maximum absolute atomic E-state index is 8.87. The van der Waals surface area contributed by atoms with Gasteiger partial charge >= 0.3 is 0 Å². The van der Waals surface area contributed by atoms with Crippen molar-refractivity contribution in [1.29, 1.82) is 0 Å². The summed E-state index contributed by atoms with van der Waals surface area (Å²) in [6.07, 6.45) is 1.86. The van der Waals surface area contributed by atoms with E-state index in [2.05, 4.69) is 13.0 Å². The van der Waals surface area contributed by atoms with Gasteiger partial charge in [-0.15, -0.1) is 0 Å². The van der Waals surface area contributed by atoms with E-state index in [4.69, 9.17) is 16.7 Å². The van der Waals surface area contributed by atoms with Crippen LogP contribution in [-0.2, 0) is 0 Å². The van der Waals surface area contributed by atoms with Crippen LogP contribution < -0.4 is 0 Å². The molecule has 0 heterocycles. The summed E-state index contributed by atoms with van der Waals surface area (Å²) >= 11 is 5.88. The first-order valence-corrected chi connectivity index (χ1v) is 5.02. The Bertz CT molecular complexity index is 260. The van der Waals surface area contributed by atoms with E-state index in [-0.39, 0.29) is 6.61 Å². The lowest BCUT2D eigenvalue weighted by Gasteiger charge is -2.13. The van der Waals surface area contributed by atoms with Crippen LogP contribution in [0.1, 0.15) is 31.2 Å². The van der Waals surface area contributed by atoms with E-state index >= 15 is 0 Å². The van der Waals surface area contributed by atoms with Crippen LogP contribution in [0.25, 0.3) is 0 Å². The van der Waals surface area contributed by atoms with Crippen LogP contribution in [0.4, 0.5) is 0 Å². The molecule has 0 amide bonds. The van der Waals surface area contributed by atoms with Crippen molar-refractivity contribution in [3.63, 3.8) is 0 Å². The van der Waals surface area contributed by atoms with Crippen LogP contribution in [0.15, 0.2) is 24.3 Å². The van der Waals surface area contributed by atoms with Crippen LogP contribution >= 0.6 is 11.6 Å². The summed E-state index contributed by atoms with van der Waals surface area (Å²) in [5.41, 5.74) is 1.23. The molecule has 0 aliphatic heterocycles. The zero-order chi connectivity index (χ0) is 9.68. The highest BCUT2D eigenvalue weighted by molar-refractivity contribution is 6.30. The normalized spacial score (nSPS) is 12.8. The van der Waals surface area contributed by atoms with Crippen molar-refractivity contribution in [1.82, 2.24) is 0 Å². The third-order valence-corrected chi connectivity index (χ3v) is 2.53. The fourth-order valence-electron chi connectivity index (χ4n) is 1.52. The molecular formula is C11H15ClO. The number of hydrogen-bond donors (Lipinski definition) is 1. The molecule has 0 bridgehead atoms. The van der Waals surface area contributed by atoms with E-state index in [1.807, 2.05) is 18.2 Å². The topological polar surface area (TPSA) is 20.2 Å². The number of benzene rings is 1. The lowest BCUT2D eigenvalue weighted by atomic mass is 9.94. The number of halogens is 1. The van der Waals surface area contributed by atoms with E-state index in [1.165, 1.54) is 5.56 Å². The molecule has 72 valence electrons. The van der Waals surface area contributed by atoms with Gasteiger partial charge in [-0.25, -0.2) is 0 Å². The predicted octanol–water partition coefficient (Wildman–Crippen LogP) is 3.22. The molecular weight excluding hydrogens is 184 g/mol. The highest BCUT2D eigenvalue weighted by Gasteiger charge is 2.08. The molecule has 1 nitrogen and oxygen atoms in total. The van der Waals surface area contributed by atoms with Crippen LogP contribution in [0.5, 0.6) is 0 Å². The molecule has 1 atom stereocenters. The van der Waals surface area contributed by atoms with Gasteiger partial charge in [0.2, 0.25) is 0 Å². The second kappa shape index (κ2) is 5.25. The highest BCUT2D eigenvalue weighted by Crippen LogP contribution is 2.24. The molecule has 1 rings (SSSR count). The first-order valence-electron chi connectivity index (χ1n) is 4.64. The number of aliphatic hydroxyl groups excluding tert-OH is 1. The first kappa shape index (κ1) is 10.6. The molecule has 0 aromatic heterocycles. The lowest BCUT2D eigenvalue weighted by molar-refractivity contribution is 0.274. The maximum atomic E-state index is 8.87. The molecule has 0 spiro atoms. The predicted molar refractivity (Wildman–Crippen MR) is 56.2 cm³/mol. The Balaban J connectivity index is 2.78. The van der Waals surface area contributed by atoms with Gasteiger partial charge in [0.15, 0.2) is 0 Å². The van der Waals surface area contributed by atoms with E-state index in [9.17, 15) is 0 Å². The molecule has 0 saturated heterocycles. The zero-order valence-electron chi connectivity index (χ0n) is 7.83. The molecule has 0 aliphatic rings. The smallest absolute Gasteiger partial charge is 0.0436 e. The summed E-state index contributed by atoms with van der Waals surface area (Å²) in [4.78, 5) is 0. The summed E-state index contributed by atoms with van der Waals surface area (Å²) in [7, 11) is 0. The maximum Gasteiger partial charge on any atom is 0.0436 e. The van der Waals surface area contributed by atoms with Crippen molar-refractivity contribution in [2.45, 2.75) is 25.7 Å². The largest absolute Gasteiger partial charge is 0.396 e. The van der Waals surface area contributed by atoms with Gasteiger partial charge in [-0.1, -0.05) is 30.7 Å². The third kappa shape index (κ3) is 3.02. The van der Waals surface area contributed by atoms with Crippen LogP contribution in [-0.4, -0.2) is 11.7 Å². The molecule has 0 radical (unpaired) electrons. The monoisotopic (exact) mass is 198 g/mol. The van der Waals surface area contributed by atoms with Gasteiger partial charge in [0.05, 0.1) is 0 Å². The number of hydrogen-bond acceptors (Lipinski definition) is 1. The van der Waals surface area contributed by atoms with Crippen molar-refractivity contribution >= 4 is 11.6 Å². The van der Waals surface area contributed by atoms with Gasteiger partial charge in [-0.2, -0.15) is 0 Å². The Morgan fingerprint density at radius 2 is 2.23 bits per heavy atom. The van der Waals surface area contributed by atoms with Crippen molar-refractivity contribution in [2.75, 3.05) is 6.61 Å².